The van der Waals surface area contributed by atoms with Gasteiger partial charge in [0.15, 0.2) is 0 Å². The van der Waals surface area contributed by atoms with Crippen molar-refractivity contribution in [1.82, 2.24) is 9.88 Å². The largest absolute Gasteiger partial charge is 0.497 e. The maximum atomic E-state index is 5.54. The Labute approximate surface area is 133 Å². The van der Waals surface area contributed by atoms with Crippen LogP contribution < -0.4 is 4.74 Å². The maximum Gasteiger partial charge on any atom is 0.119 e. The summed E-state index contributed by atoms with van der Waals surface area (Å²) in [5, 5.41) is 1.24. The van der Waals surface area contributed by atoms with Crippen LogP contribution in [0.1, 0.15) is 50.2 Å². The number of piperidine rings is 1. The zero-order valence-corrected chi connectivity index (χ0v) is 13.9. The molecule has 0 unspecified atom stereocenters. The summed E-state index contributed by atoms with van der Waals surface area (Å²) in [6.45, 7) is 7.84. The molecule has 22 heavy (non-hydrogen) atoms. The Balaban J connectivity index is 2.05. The molecule has 1 saturated heterocycles. The van der Waals surface area contributed by atoms with E-state index in [0.717, 1.165) is 17.8 Å². The predicted molar refractivity (Wildman–Crippen MR) is 91.5 cm³/mol. The van der Waals surface area contributed by atoms with E-state index in [1.165, 1.54) is 48.9 Å². The van der Waals surface area contributed by atoms with E-state index in [0.29, 0.717) is 5.92 Å². The van der Waals surface area contributed by atoms with Crippen molar-refractivity contribution in [3.05, 3.63) is 35.5 Å². The van der Waals surface area contributed by atoms with E-state index in [2.05, 4.69) is 41.9 Å². The Morgan fingerprint density at radius 3 is 2.64 bits per heavy atom. The van der Waals surface area contributed by atoms with Gasteiger partial charge in [0.2, 0.25) is 0 Å². The SMILES string of the molecule is COc1cc(CN2CCCCC2)c2nccc(C(C)C)c2c1. The van der Waals surface area contributed by atoms with E-state index >= 15 is 0 Å². The van der Waals surface area contributed by atoms with Crippen molar-refractivity contribution in [3.63, 3.8) is 0 Å². The molecular formula is C19H26N2O. The van der Waals surface area contributed by atoms with Gasteiger partial charge in [0.25, 0.3) is 0 Å². The number of nitrogens with zero attached hydrogens (tertiary/aromatic N) is 2. The van der Waals surface area contributed by atoms with Gasteiger partial charge < -0.3 is 4.74 Å². The Bertz CT molecular complexity index is 645. The highest BCUT2D eigenvalue weighted by molar-refractivity contribution is 5.87. The maximum absolute atomic E-state index is 5.54. The topological polar surface area (TPSA) is 25.4 Å². The number of methoxy groups -OCH3 is 1. The number of hydrogen-bond donors (Lipinski definition) is 0. The molecule has 118 valence electrons. The number of pyridine rings is 1. The van der Waals surface area contributed by atoms with E-state index in [1.54, 1.807) is 7.11 Å². The second-order valence-electron chi connectivity index (χ2n) is 6.57. The van der Waals surface area contributed by atoms with Crippen molar-refractivity contribution in [3.8, 4) is 5.75 Å². The number of likely N-dealkylation sites (tertiary alicyclic amines) is 1. The third-order valence-corrected chi connectivity index (χ3v) is 4.63. The lowest BCUT2D eigenvalue weighted by Crippen LogP contribution is -2.29. The van der Waals surface area contributed by atoms with E-state index < -0.39 is 0 Å². The van der Waals surface area contributed by atoms with E-state index in [9.17, 15) is 0 Å². The second-order valence-corrected chi connectivity index (χ2v) is 6.57. The van der Waals surface area contributed by atoms with Crippen LogP contribution >= 0.6 is 0 Å². The molecule has 1 fully saturated rings. The molecular weight excluding hydrogens is 272 g/mol. The third-order valence-electron chi connectivity index (χ3n) is 4.63. The molecule has 1 aromatic heterocycles. The number of fused-ring (bicyclic) bond motifs is 1. The average molecular weight is 298 g/mol. The number of benzene rings is 1. The molecule has 2 heterocycles. The zero-order chi connectivity index (χ0) is 15.5. The van der Waals surface area contributed by atoms with Crippen LogP contribution in [0.15, 0.2) is 24.4 Å². The van der Waals surface area contributed by atoms with Gasteiger partial charge in [0, 0.05) is 18.1 Å². The Hall–Kier alpha value is -1.61. The fourth-order valence-electron chi connectivity index (χ4n) is 3.42. The molecule has 0 spiro atoms. The molecule has 3 nitrogen and oxygen atoms in total. The van der Waals surface area contributed by atoms with Gasteiger partial charge in [-0.2, -0.15) is 0 Å². The summed E-state index contributed by atoms with van der Waals surface area (Å²) in [7, 11) is 1.75. The first-order chi connectivity index (χ1) is 10.7. The summed E-state index contributed by atoms with van der Waals surface area (Å²) in [6.07, 6.45) is 5.94. The quantitative estimate of drug-likeness (QED) is 0.839. The number of hydrogen-bond acceptors (Lipinski definition) is 3. The minimum absolute atomic E-state index is 0.487. The van der Waals surface area contributed by atoms with Crippen molar-refractivity contribution in [2.45, 2.75) is 45.6 Å². The van der Waals surface area contributed by atoms with Gasteiger partial charge in [-0.3, -0.25) is 9.88 Å². The van der Waals surface area contributed by atoms with Crippen LogP contribution in [-0.4, -0.2) is 30.1 Å². The molecule has 3 rings (SSSR count). The Morgan fingerprint density at radius 1 is 1.18 bits per heavy atom. The summed E-state index contributed by atoms with van der Waals surface area (Å²) >= 11 is 0. The summed E-state index contributed by atoms with van der Waals surface area (Å²) in [5.41, 5.74) is 3.78. The minimum Gasteiger partial charge on any atom is -0.497 e. The van der Waals surface area contributed by atoms with Crippen LogP contribution in [0.2, 0.25) is 0 Å². The second kappa shape index (κ2) is 6.66. The molecule has 0 aliphatic carbocycles. The molecule has 0 bridgehead atoms. The predicted octanol–water partition coefficient (Wildman–Crippen LogP) is 4.35. The van der Waals surface area contributed by atoms with Gasteiger partial charge in [-0.25, -0.2) is 0 Å². The van der Waals surface area contributed by atoms with E-state index in [4.69, 9.17) is 4.74 Å². The molecule has 1 aliphatic heterocycles. The Kier molecular flexibility index (Phi) is 4.63. The van der Waals surface area contributed by atoms with E-state index in [-0.39, 0.29) is 0 Å². The summed E-state index contributed by atoms with van der Waals surface area (Å²) < 4.78 is 5.54. The van der Waals surface area contributed by atoms with Crippen LogP contribution in [-0.2, 0) is 6.54 Å². The molecule has 2 aromatic rings. The zero-order valence-electron chi connectivity index (χ0n) is 13.9. The first-order valence-electron chi connectivity index (χ1n) is 8.37. The van der Waals surface area contributed by atoms with Crippen molar-refractivity contribution < 1.29 is 4.74 Å². The fraction of sp³-hybridized carbons (Fsp3) is 0.526. The van der Waals surface area contributed by atoms with Gasteiger partial charge in [-0.05, 0) is 61.2 Å². The van der Waals surface area contributed by atoms with Crippen molar-refractivity contribution in [2.75, 3.05) is 20.2 Å². The normalized spacial score (nSPS) is 16.4. The standard InChI is InChI=1S/C19H26N2O/c1-14(2)17-7-8-20-19-15(11-16(22-3)12-18(17)19)13-21-9-5-4-6-10-21/h7-8,11-12,14H,4-6,9-10,13H2,1-3H3. The van der Waals surface area contributed by atoms with Crippen molar-refractivity contribution in [1.29, 1.82) is 0 Å². The molecule has 0 saturated carbocycles. The van der Waals surface area contributed by atoms with Crippen LogP contribution in [0.5, 0.6) is 5.75 Å². The fourth-order valence-corrected chi connectivity index (χ4v) is 3.42. The molecule has 3 heteroatoms. The highest BCUT2D eigenvalue weighted by Gasteiger charge is 2.15. The van der Waals surface area contributed by atoms with Gasteiger partial charge >= 0.3 is 0 Å². The lowest BCUT2D eigenvalue weighted by Gasteiger charge is -2.27. The monoisotopic (exact) mass is 298 g/mol. The third kappa shape index (κ3) is 3.09. The molecule has 1 aliphatic rings. The number of aromatic nitrogens is 1. The van der Waals surface area contributed by atoms with E-state index in [1.807, 2.05) is 6.20 Å². The van der Waals surface area contributed by atoms with Crippen LogP contribution in [0.4, 0.5) is 0 Å². The van der Waals surface area contributed by atoms with Gasteiger partial charge in [0.05, 0.1) is 12.6 Å². The molecule has 0 atom stereocenters. The summed E-state index contributed by atoms with van der Waals surface area (Å²) in [4.78, 5) is 7.23. The molecule has 1 aromatic carbocycles. The highest BCUT2D eigenvalue weighted by Crippen LogP contribution is 2.31. The van der Waals surface area contributed by atoms with Crippen LogP contribution in [0.25, 0.3) is 10.9 Å². The first kappa shape index (κ1) is 15.3. The van der Waals surface area contributed by atoms with Gasteiger partial charge in [-0.15, -0.1) is 0 Å². The highest BCUT2D eigenvalue weighted by atomic mass is 16.5. The van der Waals surface area contributed by atoms with Crippen LogP contribution in [0.3, 0.4) is 0 Å². The smallest absolute Gasteiger partial charge is 0.119 e. The molecule has 0 radical (unpaired) electrons. The molecule has 0 amide bonds. The van der Waals surface area contributed by atoms with Gasteiger partial charge in [0.1, 0.15) is 5.75 Å². The number of rotatable bonds is 4. The number of ether oxygens (including phenoxy) is 1. The van der Waals surface area contributed by atoms with Gasteiger partial charge in [-0.1, -0.05) is 20.3 Å². The molecule has 0 N–H and O–H groups in total. The Morgan fingerprint density at radius 2 is 1.95 bits per heavy atom. The minimum atomic E-state index is 0.487. The summed E-state index contributed by atoms with van der Waals surface area (Å²) in [6, 6.07) is 6.43. The average Bonchev–Trinajstić information content (AvgIpc) is 2.55. The van der Waals surface area contributed by atoms with Crippen molar-refractivity contribution >= 4 is 10.9 Å². The van der Waals surface area contributed by atoms with Crippen LogP contribution in [0, 0.1) is 0 Å². The lowest BCUT2D eigenvalue weighted by molar-refractivity contribution is 0.221. The first-order valence-corrected chi connectivity index (χ1v) is 8.37. The lowest BCUT2D eigenvalue weighted by atomic mass is 9.96. The van der Waals surface area contributed by atoms with Crippen molar-refractivity contribution in [2.24, 2.45) is 0 Å². The summed E-state index contributed by atoms with van der Waals surface area (Å²) in [5.74, 6) is 1.43.